The Bertz CT molecular complexity index is 345. The molecule has 0 heterocycles. The molecular weight excluding hydrogens is 288 g/mol. The van der Waals surface area contributed by atoms with Gasteiger partial charge in [0, 0.05) is 0 Å². The zero-order chi connectivity index (χ0) is 18.7. The Morgan fingerprint density at radius 1 is 0.958 bits per heavy atom. The predicted octanol–water partition coefficient (Wildman–Crippen LogP) is 8.75. The molecule has 142 valence electrons. The fraction of sp³-hybridized carbons (Fsp3) is 0.667. The monoisotopic (exact) mass is 334 g/mol. The number of hydrogen-bond donors (Lipinski definition) is 0. The Labute approximate surface area is 155 Å². The van der Waals surface area contributed by atoms with Gasteiger partial charge in [0.05, 0.1) is 0 Å². The molecule has 0 atom stereocenters. The molecule has 0 fully saturated rings. The van der Waals surface area contributed by atoms with E-state index in [-0.39, 0.29) is 7.43 Å². The Kier molecular flexibility index (Phi) is 27.8. The van der Waals surface area contributed by atoms with E-state index < -0.39 is 0 Å². The Hall–Kier alpha value is -1.22. The molecule has 0 N–H and O–H groups in total. The summed E-state index contributed by atoms with van der Waals surface area (Å²) >= 11 is 0. The van der Waals surface area contributed by atoms with Crippen molar-refractivity contribution in [1.29, 1.82) is 0 Å². The third kappa shape index (κ3) is 17.1. The molecule has 0 saturated heterocycles. The molecular formula is C24H46. The highest BCUT2D eigenvalue weighted by atomic mass is 14.3. The maximum Gasteiger partial charge on any atom is -0.0128 e. The van der Waals surface area contributed by atoms with Crippen molar-refractivity contribution in [1.82, 2.24) is 0 Å². The van der Waals surface area contributed by atoms with Crippen LogP contribution in [0.15, 0.2) is 35.5 Å². The van der Waals surface area contributed by atoms with Gasteiger partial charge in [-0.3, -0.25) is 0 Å². The van der Waals surface area contributed by atoms with Crippen molar-refractivity contribution >= 4 is 0 Å². The zero-order valence-corrected chi connectivity index (χ0v) is 17.2. The molecule has 0 radical (unpaired) electrons. The van der Waals surface area contributed by atoms with Crippen molar-refractivity contribution in [2.75, 3.05) is 0 Å². The first-order valence-electron chi connectivity index (χ1n) is 9.22. The van der Waals surface area contributed by atoms with Gasteiger partial charge >= 0.3 is 0 Å². The largest absolute Gasteiger partial charge is 0.124 e. The van der Waals surface area contributed by atoms with Crippen LogP contribution in [-0.2, 0) is 0 Å². The van der Waals surface area contributed by atoms with Crippen LogP contribution in [0.5, 0.6) is 0 Å². The topological polar surface area (TPSA) is 0 Å². The smallest absolute Gasteiger partial charge is 0.0128 e. The van der Waals surface area contributed by atoms with Crippen LogP contribution in [0.2, 0.25) is 0 Å². The predicted molar refractivity (Wildman–Crippen MR) is 117 cm³/mol. The minimum atomic E-state index is 0. The maximum absolute atomic E-state index is 4.00. The van der Waals surface area contributed by atoms with Crippen LogP contribution < -0.4 is 0 Å². The van der Waals surface area contributed by atoms with Crippen LogP contribution in [0.3, 0.4) is 0 Å². The van der Waals surface area contributed by atoms with Crippen LogP contribution in [0.1, 0.15) is 101 Å². The lowest BCUT2D eigenvalue weighted by Gasteiger charge is -2.28. The van der Waals surface area contributed by atoms with Gasteiger partial charge in [0.25, 0.3) is 0 Å². The maximum atomic E-state index is 4.00. The molecule has 0 spiro atoms. The van der Waals surface area contributed by atoms with E-state index in [0.717, 1.165) is 12.8 Å². The van der Waals surface area contributed by atoms with E-state index in [4.69, 9.17) is 0 Å². The van der Waals surface area contributed by atoms with Gasteiger partial charge in [0.1, 0.15) is 0 Å². The van der Waals surface area contributed by atoms with E-state index in [1.54, 1.807) is 5.57 Å². The second-order valence-electron chi connectivity index (χ2n) is 6.34. The lowest BCUT2D eigenvalue weighted by molar-refractivity contribution is 0.418. The van der Waals surface area contributed by atoms with Crippen molar-refractivity contribution < 1.29 is 0 Å². The first-order chi connectivity index (χ1) is 10.9. The van der Waals surface area contributed by atoms with E-state index in [1.807, 2.05) is 0 Å². The Morgan fingerprint density at radius 2 is 1.46 bits per heavy atom. The van der Waals surface area contributed by atoms with Crippen LogP contribution in [0.25, 0.3) is 0 Å². The zero-order valence-electron chi connectivity index (χ0n) is 17.2. The lowest BCUT2D eigenvalue weighted by Crippen LogP contribution is -2.14. The average Bonchev–Trinajstić information content (AvgIpc) is 2.56. The SMILES string of the molecule is C.C#C.C/C=C\C/C(=C(C)\C=C/CC)C(C)(C)CC.CCCCC. The summed E-state index contributed by atoms with van der Waals surface area (Å²) in [6, 6.07) is 0. The molecule has 0 bridgehead atoms. The summed E-state index contributed by atoms with van der Waals surface area (Å²) in [6.07, 6.45) is 24.4. The number of unbranched alkanes of at least 4 members (excludes halogenated alkanes) is 2. The van der Waals surface area contributed by atoms with Gasteiger partial charge in [0.2, 0.25) is 0 Å². The van der Waals surface area contributed by atoms with Gasteiger partial charge in [0.15, 0.2) is 0 Å². The van der Waals surface area contributed by atoms with Crippen LogP contribution >= 0.6 is 0 Å². The minimum Gasteiger partial charge on any atom is -0.124 e. The Balaban J connectivity index is -0.000000213. The van der Waals surface area contributed by atoms with Gasteiger partial charge in [-0.15, -0.1) is 12.8 Å². The number of terminal acetylenes is 1. The second kappa shape index (κ2) is 21.8. The minimum absolute atomic E-state index is 0. The molecule has 0 amide bonds. The van der Waals surface area contributed by atoms with Crippen molar-refractivity contribution in [3.63, 3.8) is 0 Å². The standard InChI is InChI=1S/C16H28.C5H12.C2H2.CH4/c1-7-10-12-14(4)15(13-11-8-2)16(5,6)9-3;1-3-5-4-2;1-2;/h8,10-12H,7,9,13H2,1-6H3;3-5H2,1-2H3;1-2H;1H4/b11-8-,12-10-,15-14+;;;. The van der Waals surface area contributed by atoms with Crippen molar-refractivity contribution in [2.24, 2.45) is 5.41 Å². The molecule has 0 aliphatic carbocycles. The molecule has 0 aromatic heterocycles. The average molecular weight is 335 g/mol. The van der Waals surface area contributed by atoms with Crippen molar-refractivity contribution in [3.05, 3.63) is 35.5 Å². The van der Waals surface area contributed by atoms with Crippen LogP contribution in [-0.4, -0.2) is 0 Å². The van der Waals surface area contributed by atoms with E-state index >= 15 is 0 Å². The first kappa shape index (κ1) is 30.6. The lowest BCUT2D eigenvalue weighted by atomic mass is 9.77. The van der Waals surface area contributed by atoms with Gasteiger partial charge < -0.3 is 0 Å². The molecule has 0 aliphatic rings. The molecule has 0 aromatic rings. The summed E-state index contributed by atoms with van der Waals surface area (Å²) in [7, 11) is 0. The number of allylic oxidation sites excluding steroid dienone is 6. The molecule has 0 rings (SSSR count). The van der Waals surface area contributed by atoms with Crippen LogP contribution in [0, 0.1) is 18.3 Å². The van der Waals surface area contributed by atoms with E-state index in [2.05, 4.69) is 92.5 Å². The highest BCUT2D eigenvalue weighted by Gasteiger charge is 2.21. The fourth-order valence-electron chi connectivity index (χ4n) is 2.17. The first-order valence-corrected chi connectivity index (χ1v) is 9.22. The summed E-state index contributed by atoms with van der Waals surface area (Å²) in [5.74, 6) is 0. The third-order valence-corrected chi connectivity index (χ3v) is 4.05. The quantitative estimate of drug-likeness (QED) is 0.236. The van der Waals surface area contributed by atoms with Crippen molar-refractivity contribution in [3.8, 4) is 12.8 Å². The van der Waals surface area contributed by atoms with Gasteiger partial charge in [-0.25, -0.2) is 0 Å². The summed E-state index contributed by atoms with van der Waals surface area (Å²) < 4.78 is 0. The van der Waals surface area contributed by atoms with E-state index in [0.29, 0.717) is 5.41 Å². The highest BCUT2D eigenvalue weighted by molar-refractivity contribution is 5.29. The molecule has 0 aromatic carbocycles. The molecule has 24 heavy (non-hydrogen) atoms. The van der Waals surface area contributed by atoms with E-state index in [1.165, 1.54) is 31.3 Å². The molecule has 0 heteroatoms. The normalized spacial score (nSPS) is 11.8. The van der Waals surface area contributed by atoms with Gasteiger partial charge in [-0.1, -0.05) is 104 Å². The fourth-order valence-corrected chi connectivity index (χ4v) is 2.17. The van der Waals surface area contributed by atoms with Gasteiger partial charge in [-0.05, 0) is 38.5 Å². The second-order valence-corrected chi connectivity index (χ2v) is 6.34. The Morgan fingerprint density at radius 3 is 1.75 bits per heavy atom. The summed E-state index contributed by atoms with van der Waals surface area (Å²) in [4.78, 5) is 0. The molecule has 0 nitrogen and oxygen atoms in total. The van der Waals surface area contributed by atoms with E-state index in [9.17, 15) is 0 Å². The molecule has 0 aliphatic heterocycles. The number of hydrogen-bond acceptors (Lipinski definition) is 0. The summed E-state index contributed by atoms with van der Waals surface area (Å²) in [6.45, 7) is 17.9. The summed E-state index contributed by atoms with van der Waals surface area (Å²) in [5.41, 5.74) is 3.31. The molecule has 0 unspecified atom stereocenters. The number of rotatable bonds is 8. The third-order valence-electron chi connectivity index (χ3n) is 4.05. The van der Waals surface area contributed by atoms with Crippen LogP contribution in [0.4, 0.5) is 0 Å². The van der Waals surface area contributed by atoms with Gasteiger partial charge in [-0.2, -0.15) is 0 Å². The highest BCUT2D eigenvalue weighted by Crippen LogP contribution is 2.35. The summed E-state index contributed by atoms with van der Waals surface area (Å²) in [5, 5.41) is 0. The van der Waals surface area contributed by atoms with Crippen molar-refractivity contribution in [2.45, 2.75) is 101 Å². The molecule has 0 saturated carbocycles.